The molecular weight excluding hydrogens is 445 g/mol. The molecule has 2 N–H and O–H groups in total. The van der Waals surface area contributed by atoms with Gasteiger partial charge in [0.15, 0.2) is 11.6 Å². The summed E-state index contributed by atoms with van der Waals surface area (Å²) >= 11 is 0. The number of hydrogen-bond acceptors (Lipinski definition) is 8. The van der Waals surface area contributed by atoms with Crippen LogP contribution in [0.1, 0.15) is 11.1 Å². The third kappa shape index (κ3) is 4.45. The van der Waals surface area contributed by atoms with E-state index >= 15 is 0 Å². The van der Waals surface area contributed by atoms with E-state index in [4.69, 9.17) is 9.47 Å². The van der Waals surface area contributed by atoms with Gasteiger partial charge >= 0.3 is 12.1 Å². The lowest BCUT2D eigenvalue weighted by Crippen LogP contribution is -2.36. The molecule has 0 radical (unpaired) electrons. The van der Waals surface area contributed by atoms with Crippen LogP contribution in [0, 0.1) is 5.82 Å². The Labute approximate surface area is 182 Å². The number of pyridine rings is 1. The number of aromatic nitrogens is 4. The lowest BCUT2D eigenvalue weighted by atomic mass is 10.1. The van der Waals surface area contributed by atoms with Crippen molar-refractivity contribution in [1.29, 1.82) is 0 Å². The Hall–Kier alpha value is -3.78. The average Bonchev–Trinajstić information content (AvgIpc) is 3.16. The first-order valence-corrected chi connectivity index (χ1v) is 10.7. The van der Waals surface area contributed by atoms with Crippen LogP contribution in [-0.2, 0) is 30.3 Å². The number of hydrogen-bond donors (Lipinski definition) is 2. The van der Waals surface area contributed by atoms with Gasteiger partial charge in [-0.15, -0.1) is 0 Å². The Kier molecular flexibility index (Phi) is 5.63. The maximum Gasteiger partial charge on any atom is 0.415 e. The standard InChI is InChI=1S/C18H18FN7O5S/c1-20-32(28,29)24-16-15(19)12(5-6-21-16)9-26-8-11-3-4-13(7-14(11)31-18(26)27)30-17-22-10-23-25(17)2/h3-7,10,20H,8-9H2,1-2H3,(H,21,24). The van der Waals surface area contributed by atoms with Gasteiger partial charge < -0.3 is 9.47 Å². The van der Waals surface area contributed by atoms with E-state index in [1.165, 1.54) is 35.2 Å². The summed E-state index contributed by atoms with van der Waals surface area (Å²) in [5.41, 5.74) is 0.747. The third-order valence-electron chi connectivity index (χ3n) is 4.56. The fourth-order valence-electron chi connectivity index (χ4n) is 2.92. The van der Waals surface area contributed by atoms with E-state index in [9.17, 15) is 17.6 Å². The predicted molar refractivity (Wildman–Crippen MR) is 109 cm³/mol. The Morgan fingerprint density at radius 3 is 2.81 bits per heavy atom. The summed E-state index contributed by atoms with van der Waals surface area (Å²) in [4.78, 5) is 21.4. The van der Waals surface area contributed by atoms with Crippen LogP contribution in [0.5, 0.6) is 17.5 Å². The minimum absolute atomic E-state index is 0.0661. The summed E-state index contributed by atoms with van der Waals surface area (Å²) in [5.74, 6) is -0.656. The monoisotopic (exact) mass is 463 g/mol. The van der Waals surface area contributed by atoms with Crippen LogP contribution in [0.2, 0.25) is 0 Å². The van der Waals surface area contributed by atoms with Crippen molar-refractivity contribution in [2.75, 3.05) is 11.8 Å². The maximum atomic E-state index is 14.8. The summed E-state index contributed by atoms with van der Waals surface area (Å²) in [5, 5.41) is 3.91. The Morgan fingerprint density at radius 2 is 2.09 bits per heavy atom. The van der Waals surface area contributed by atoms with E-state index in [2.05, 4.69) is 15.1 Å². The van der Waals surface area contributed by atoms with Gasteiger partial charge in [-0.2, -0.15) is 18.5 Å². The second-order valence-corrected chi connectivity index (χ2v) is 8.32. The molecule has 168 valence electrons. The molecule has 12 nitrogen and oxygen atoms in total. The predicted octanol–water partition coefficient (Wildman–Crippen LogP) is 1.53. The van der Waals surface area contributed by atoms with Crippen LogP contribution >= 0.6 is 0 Å². The molecule has 0 aliphatic carbocycles. The molecule has 1 aromatic carbocycles. The fourth-order valence-corrected chi connectivity index (χ4v) is 3.42. The van der Waals surface area contributed by atoms with Gasteiger partial charge in [0, 0.05) is 37.5 Å². The zero-order chi connectivity index (χ0) is 22.9. The van der Waals surface area contributed by atoms with Gasteiger partial charge in [-0.05, 0) is 18.2 Å². The molecule has 0 saturated heterocycles. The highest BCUT2D eigenvalue weighted by molar-refractivity contribution is 7.90. The van der Waals surface area contributed by atoms with Crippen molar-refractivity contribution in [3.8, 4) is 17.5 Å². The molecule has 3 heterocycles. The lowest BCUT2D eigenvalue weighted by molar-refractivity contribution is 0.134. The van der Waals surface area contributed by atoms with Gasteiger partial charge in [0.05, 0.1) is 13.1 Å². The molecule has 14 heteroatoms. The van der Waals surface area contributed by atoms with E-state index in [0.717, 1.165) is 0 Å². The number of benzene rings is 1. The van der Waals surface area contributed by atoms with Crippen LogP contribution in [0.4, 0.5) is 15.0 Å². The zero-order valence-electron chi connectivity index (χ0n) is 16.9. The highest BCUT2D eigenvalue weighted by Crippen LogP contribution is 2.32. The van der Waals surface area contributed by atoms with Crippen molar-refractivity contribution >= 4 is 22.1 Å². The molecule has 3 aromatic rings. The molecule has 0 bridgehead atoms. The van der Waals surface area contributed by atoms with Crippen LogP contribution in [0.25, 0.3) is 0 Å². The number of aryl methyl sites for hydroxylation is 1. The topological polar surface area (TPSA) is 141 Å². The zero-order valence-corrected chi connectivity index (χ0v) is 17.8. The summed E-state index contributed by atoms with van der Waals surface area (Å²) in [6, 6.07) is 6.58. The lowest BCUT2D eigenvalue weighted by Gasteiger charge is -2.28. The van der Waals surface area contributed by atoms with Crippen molar-refractivity contribution in [2.45, 2.75) is 13.1 Å². The minimum Gasteiger partial charge on any atom is -0.424 e. The summed E-state index contributed by atoms with van der Waals surface area (Å²) < 4.78 is 54.4. The Morgan fingerprint density at radius 1 is 1.28 bits per heavy atom. The molecule has 0 atom stereocenters. The van der Waals surface area contributed by atoms with Crippen LogP contribution < -0.4 is 18.9 Å². The number of amides is 1. The molecule has 4 rings (SSSR count). The van der Waals surface area contributed by atoms with Crippen molar-refractivity contribution in [3.63, 3.8) is 0 Å². The number of nitrogens with one attached hydrogen (secondary N) is 2. The van der Waals surface area contributed by atoms with Gasteiger partial charge in [-0.25, -0.2) is 23.6 Å². The van der Waals surface area contributed by atoms with Gasteiger partial charge in [-0.1, -0.05) is 0 Å². The van der Waals surface area contributed by atoms with Gasteiger partial charge in [0.1, 0.15) is 17.8 Å². The summed E-state index contributed by atoms with van der Waals surface area (Å²) in [7, 11) is -1.10. The minimum atomic E-state index is -3.95. The molecule has 1 aliphatic rings. The van der Waals surface area contributed by atoms with E-state index in [1.807, 2.05) is 9.44 Å². The fraction of sp³-hybridized carbons (Fsp3) is 0.222. The molecular formula is C18H18FN7O5S. The number of nitrogens with zero attached hydrogens (tertiary/aromatic N) is 5. The average molecular weight is 463 g/mol. The number of anilines is 1. The van der Waals surface area contributed by atoms with Gasteiger partial charge in [0.25, 0.3) is 10.2 Å². The first-order valence-electron chi connectivity index (χ1n) is 9.22. The molecule has 1 aliphatic heterocycles. The van der Waals surface area contributed by atoms with Crippen molar-refractivity contribution < 1.29 is 27.1 Å². The number of carbonyl (C=O) groups is 1. The molecule has 1 amide bonds. The molecule has 0 fully saturated rings. The number of rotatable bonds is 7. The summed E-state index contributed by atoms with van der Waals surface area (Å²) in [6.45, 7) is -0.00412. The number of halogens is 1. The highest BCUT2D eigenvalue weighted by Gasteiger charge is 2.27. The largest absolute Gasteiger partial charge is 0.424 e. The molecule has 0 spiro atoms. The molecule has 32 heavy (non-hydrogen) atoms. The van der Waals surface area contributed by atoms with Crippen molar-refractivity contribution in [3.05, 3.63) is 53.7 Å². The van der Waals surface area contributed by atoms with Gasteiger partial charge in [-0.3, -0.25) is 9.62 Å². The number of fused-ring (bicyclic) bond motifs is 1. The second kappa shape index (κ2) is 8.39. The van der Waals surface area contributed by atoms with Crippen LogP contribution in [0.15, 0.2) is 36.8 Å². The maximum absolute atomic E-state index is 14.8. The molecule has 0 saturated carbocycles. The Balaban J connectivity index is 1.51. The van der Waals surface area contributed by atoms with E-state index in [-0.39, 0.29) is 24.7 Å². The number of ether oxygens (including phenoxy) is 2. The van der Waals surface area contributed by atoms with Crippen molar-refractivity contribution in [2.24, 2.45) is 7.05 Å². The van der Waals surface area contributed by atoms with Gasteiger partial charge in [0.2, 0.25) is 0 Å². The van der Waals surface area contributed by atoms with E-state index in [0.29, 0.717) is 17.1 Å². The van der Waals surface area contributed by atoms with Crippen LogP contribution in [-0.4, -0.2) is 46.2 Å². The quantitative estimate of drug-likeness (QED) is 0.538. The second-order valence-electron chi connectivity index (χ2n) is 6.70. The van der Waals surface area contributed by atoms with Crippen molar-refractivity contribution in [1.82, 2.24) is 29.4 Å². The Bertz CT molecular complexity index is 1280. The first kappa shape index (κ1) is 21.5. The third-order valence-corrected chi connectivity index (χ3v) is 5.56. The smallest absolute Gasteiger partial charge is 0.415 e. The van der Waals surface area contributed by atoms with Crippen LogP contribution in [0.3, 0.4) is 0 Å². The molecule has 2 aromatic heterocycles. The normalized spacial score (nSPS) is 13.5. The number of carbonyl (C=O) groups excluding carboxylic acids is 1. The van der Waals surface area contributed by atoms with E-state index < -0.39 is 27.9 Å². The highest BCUT2D eigenvalue weighted by atomic mass is 32.2. The summed E-state index contributed by atoms with van der Waals surface area (Å²) in [6.07, 6.45) is 1.89. The van der Waals surface area contributed by atoms with E-state index in [1.54, 1.807) is 25.2 Å². The SMILES string of the molecule is CNS(=O)(=O)Nc1nccc(CN2Cc3ccc(Oc4ncnn4C)cc3OC2=O)c1F. The molecule has 0 unspecified atom stereocenters. The first-order chi connectivity index (χ1) is 15.3.